The van der Waals surface area contributed by atoms with Gasteiger partial charge in [0, 0.05) is 32.0 Å². The molecule has 126 valence electrons. The average molecular weight is 307 g/mol. The minimum atomic E-state index is -0.324. The van der Waals surface area contributed by atoms with Crippen LogP contribution in [0.1, 0.15) is 53.4 Å². The highest BCUT2D eigenvalue weighted by atomic mass is 16.5. The number of hydrogen-bond acceptors (Lipinski definition) is 4. The fourth-order valence-corrected chi connectivity index (χ4v) is 3.91. The molecule has 2 heterocycles. The minimum absolute atomic E-state index is 0.185. The Kier molecular flexibility index (Phi) is 5.53. The molecule has 0 radical (unpaired) electrons. The smallest absolute Gasteiger partial charge is 0.114 e. The summed E-state index contributed by atoms with van der Waals surface area (Å²) in [5.41, 5.74) is -0.509. The fourth-order valence-electron chi connectivity index (χ4n) is 3.91. The second-order valence-electron chi connectivity index (χ2n) is 8.23. The molecule has 0 spiro atoms. The summed E-state index contributed by atoms with van der Waals surface area (Å²) in [6.45, 7) is 12.7. The van der Waals surface area contributed by atoms with E-state index in [0.29, 0.717) is 12.6 Å². The molecule has 0 aromatic carbocycles. The van der Waals surface area contributed by atoms with Crippen molar-refractivity contribution in [2.24, 2.45) is 5.92 Å². The lowest BCUT2D eigenvalue weighted by Crippen LogP contribution is -2.55. The summed E-state index contributed by atoms with van der Waals surface area (Å²) in [4.78, 5) is 4.93. The Labute approximate surface area is 136 Å². The number of nitriles is 1. The molecule has 0 bridgehead atoms. The number of likely N-dealkylation sites (tertiary alicyclic amines) is 1. The predicted octanol–water partition coefficient (Wildman–Crippen LogP) is 2.89. The summed E-state index contributed by atoms with van der Waals surface area (Å²) < 4.78 is 5.83. The molecule has 1 unspecified atom stereocenters. The van der Waals surface area contributed by atoms with Crippen molar-refractivity contribution in [1.82, 2.24) is 9.80 Å². The number of ether oxygens (including phenoxy) is 1. The summed E-state index contributed by atoms with van der Waals surface area (Å²) in [5, 5.41) is 9.87. The van der Waals surface area contributed by atoms with Gasteiger partial charge in [-0.25, -0.2) is 0 Å². The third kappa shape index (κ3) is 4.01. The Morgan fingerprint density at radius 2 is 2.14 bits per heavy atom. The Bertz CT molecular complexity index is 415. The van der Waals surface area contributed by atoms with E-state index in [-0.39, 0.29) is 11.1 Å². The molecule has 2 fully saturated rings. The first kappa shape index (κ1) is 17.7. The van der Waals surface area contributed by atoms with Crippen LogP contribution < -0.4 is 0 Å². The van der Waals surface area contributed by atoms with Crippen molar-refractivity contribution in [3.8, 4) is 6.07 Å². The van der Waals surface area contributed by atoms with Gasteiger partial charge in [-0.2, -0.15) is 5.26 Å². The molecule has 4 heteroatoms. The predicted molar refractivity (Wildman–Crippen MR) is 89.7 cm³/mol. The van der Waals surface area contributed by atoms with E-state index in [1.165, 1.54) is 12.8 Å². The SMILES string of the molecule is CC(C)CCN(C)[C@H]1CCN(C2(C#N)CCOC(C)(C)C2)C1. The molecule has 0 aromatic rings. The maximum absolute atomic E-state index is 9.87. The molecule has 2 saturated heterocycles. The van der Waals surface area contributed by atoms with E-state index in [2.05, 4.69) is 50.6 Å². The monoisotopic (exact) mass is 307 g/mol. The molecule has 2 aliphatic heterocycles. The highest BCUT2D eigenvalue weighted by Crippen LogP contribution is 2.38. The van der Waals surface area contributed by atoms with E-state index >= 15 is 0 Å². The van der Waals surface area contributed by atoms with Gasteiger partial charge in [-0.3, -0.25) is 4.90 Å². The van der Waals surface area contributed by atoms with Gasteiger partial charge in [0.15, 0.2) is 0 Å². The van der Waals surface area contributed by atoms with Crippen LogP contribution in [0.5, 0.6) is 0 Å². The van der Waals surface area contributed by atoms with Crippen LogP contribution in [0.15, 0.2) is 0 Å². The second-order valence-corrected chi connectivity index (χ2v) is 8.23. The lowest BCUT2D eigenvalue weighted by atomic mass is 9.81. The fraction of sp³-hybridized carbons (Fsp3) is 0.944. The minimum Gasteiger partial charge on any atom is -0.375 e. The van der Waals surface area contributed by atoms with E-state index < -0.39 is 0 Å². The Morgan fingerprint density at radius 1 is 1.41 bits per heavy atom. The van der Waals surface area contributed by atoms with Gasteiger partial charge >= 0.3 is 0 Å². The van der Waals surface area contributed by atoms with Gasteiger partial charge < -0.3 is 9.64 Å². The van der Waals surface area contributed by atoms with Crippen LogP contribution in [-0.4, -0.2) is 60.3 Å². The van der Waals surface area contributed by atoms with Crippen LogP contribution in [-0.2, 0) is 4.74 Å². The van der Waals surface area contributed by atoms with E-state index in [1.807, 2.05) is 0 Å². The quantitative estimate of drug-likeness (QED) is 0.783. The van der Waals surface area contributed by atoms with Crippen LogP contribution in [0.25, 0.3) is 0 Å². The van der Waals surface area contributed by atoms with Crippen LogP contribution in [0.4, 0.5) is 0 Å². The van der Waals surface area contributed by atoms with E-state index in [9.17, 15) is 5.26 Å². The van der Waals surface area contributed by atoms with Gasteiger partial charge in [-0.15, -0.1) is 0 Å². The summed E-state index contributed by atoms with van der Waals surface area (Å²) in [6, 6.07) is 3.24. The number of hydrogen-bond donors (Lipinski definition) is 0. The third-order valence-electron chi connectivity index (χ3n) is 5.39. The molecule has 0 aromatic heterocycles. The maximum atomic E-state index is 9.87. The molecule has 0 aliphatic carbocycles. The molecule has 2 rings (SSSR count). The standard InChI is InChI=1S/C18H33N3O/c1-15(2)6-9-20(5)16-7-10-21(12-16)18(14-19)8-11-22-17(3,4)13-18/h15-16H,6-13H2,1-5H3/t16-,18?/m0/s1. The largest absolute Gasteiger partial charge is 0.375 e. The Morgan fingerprint density at radius 3 is 2.73 bits per heavy atom. The summed E-state index contributed by atoms with van der Waals surface area (Å²) >= 11 is 0. The van der Waals surface area contributed by atoms with Gasteiger partial charge in [0.2, 0.25) is 0 Å². The third-order valence-corrected chi connectivity index (χ3v) is 5.39. The maximum Gasteiger partial charge on any atom is 0.114 e. The van der Waals surface area contributed by atoms with Gasteiger partial charge in [0.25, 0.3) is 0 Å². The van der Waals surface area contributed by atoms with Gasteiger partial charge in [0.1, 0.15) is 5.54 Å². The van der Waals surface area contributed by atoms with Crippen LogP contribution in [0.2, 0.25) is 0 Å². The summed E-state index contributed by atoms with van der Waals surface area (Å²) in [5.74, 6) is 0.752. The molecule has 0 saturated carbocycles. The normalized spacial score (nSPS) is 32.5. The van der Waals surface area contributed by atoms with Crippen molar-refractivity contribution in [2.75, 3.05) is 33.3 Å². The van der Waals surface area contributed by atoms with E-state index in [4.69, 9.17) is 4.74 Å². The van der Waals surface area contributed by atoms with Crippen molar-refractivity contribution < 1.29 is 4.74 Å². The van der Waals surface area contributed by atoms with E-state index in [0.717, 1.165) is 38.4 Å². The van der Waals surface area contributed by atoms with E-state index in [1.54, 1.807) is 0 Å². The Balaban J connectivity index is 1.97. The van der Waals surface area contributed by atoms with Crippen LogP contribution >= 0.6 is 0 Å². The Hall–Kier alpha value is -0.630. The number of nitrogens with zero attached hydrogens (tertiary/aromatic N) is 3. The zero-order chi connectivity index (χ0) is 16.4. The topological polar surface area (TPSA) is 39.5 Å². The first-order chi connectivity index (χ1) is 10.3. The highest BCUT2D eigenvalue weighted by molar-refractivity contribution is 5.14. The van der Waals surface area contributed by atoms with Gasteiger partial charge in [-0.05, 0) is 46.2 Å². The molecule has 4 nitrogen and oxygen atoms in total. The zero-order valence-corrected chi connectivity index (χ0v) is 15.1. The van der Waals surface area contributed by atoms with Gasteiger partial charge in [-0.1, -0.05) is 13.8 Å². The lowest BCUT2D eigenvalue weighted by Gasteiger charge is -2.45. The molecule has 22 heavy (non-hydrogen) atoms. The highest BCUT2D eigenvalue weighted by Gasteiger charge is 2.47. The van der Waals surface area contributed by atoms with Crippen molar-refractivity contribution >= 4 is 0 Å². The zero-order valence-electron chi connectivity index (χ0n) is 15.1. The molecular weight excluding hydrogens is 274 g/mol. The average Bonchev–Trinajstić information content (AvgIpc) is 2.93. The first-order valence-electron chi connectivity index (χ1n) is 8.78. The lowest BCUT2D eigenvalue weighted by molar-refractivity contribution is -0.100. The van der Waals surface area contributed by atoms with Crippen molar-refractivity contribution in [3.05, 3.63) is 0 Å². The molecule has 2 atom stereocenters. The van der Waals surface area contributed by atoms with Crippen LogP contribution in [0, 0.1) is 17.2 Å². The van der Waals surface area contributed by atoms with Crippen molar-refractivity contribution in [2.45, 2.75) is 70.6 Å². The van der Waals surface area contributed by atoms with Gasteiger partial charge in [0.05, 0.1) is 18.3 Å². The van der Waals surface area contributed by atoms with Crippen LogP contribution in [0.3, 0.4) is 0 Å². The first-order valence-corrected chi connectivity index (χ1v) is 8.78. The second kappa shape index (κ2) is 6.86. The van der Waals surface area contributed by atoms with Crippen molar-refractivity contribution in [3.63, 3.8) is 0 Å². The van der Waals surface area contributed by atoms with Crippen molar-refractivity contribution in [1.29, 1.82) is 5.26 Å². The number of rotatable bonds is 5. The molecule has 2 aliphatic rings. The molecule has 0 amide bonds. The summed E-state index contributed by atoms with van der Waals surface area (Å²) in [7, 11) is 2.24. The summed E-state index contributed by atoms with van der Waals surface area (Å²) in [6.07, 6.45) is 4.09. The molecular formula is C18H33N3O. The molecule has 0 N–H and O–H groups in total. The number of likely N-dealkylation sites (N-methyl/N-ethyl adjacent to an activating group) is 1.